The Kier molecular flexibility index (Phi) is 9.75. The van der Waals surface area contributed by atoms with Gasteiger partial charge in [-0.1, -0.05) is 52.7 Å². The summed E-state index contributed by atoms with van der Waals surface area (Å²) >= 11 is 0. The molecule has 1 aliphatic heterocycles. The minimum Gasteiger partial charge on any atom is -0.466 e. The van der Waals surface area contributed by atoms with E-state index >= 15 is 0 Å². The molecule has 0 unspecified atom stereocenters. The van der Waals surface area contributed by atoms with Crippen molar-refractivity contribution in [3.05, 3.63) is 12.2 Å². The van der Waals surface area contributed by atoms with Crippen LogP contribution in [0.1, 0.15) is 80.6 Å². The van der Waals surface area contributed by atoms with Gasteiger partial charge in [-0.05, 0) is 51.4 Å². The van der Waals surface area contributed by atoms with Crippen LogP contribution in [-0.4, -0.2) is 59.1 Å². The highest BCUT2D eigenvalue weighted by Crippen LogP contribution is 2.44. The van der Waals surface area contributed by atoms with Crippen molar-refractivity contribution in [1.29, 1.82) is 0 Å². The minimum absolute atomic E-state index is 0.0341. The van der Waals surface area contributed by atoms with Crippen molar-refractivity contribution < 1.29 is 24.2 Å². The van der Waals surface area contributed by atoms with Crippen molar-refractivity contribution in [2.45, 2.75) is 92.2 Å². The number of nitrogens with one attached hydrogen (secondary N) is 1. The van der Waals surface area contributed by atoms with E-state index in [1.807, 2.05) is 32.9 Å². The molecule has 1 heterocycles. The fraction of sp³-hybridized carbons (Fsp3) is 0.815. The summed E-state index contributed by atoms with van der Waals surface area (Å²) in [6.45, 7) is 15.0. The Morgan fingerprint density at radius 1 is 1.09 bits per heavy atom. The molecule has 7 nitrogen and oxygen atoms in total. The molecule has 1 saturated heterocycles. The SMILES string of the molecule is CCOC(=O)[C@H]1[C@@H]2C(=O)N(CCCCCCO)[C@H](C(=O)NC(C)(C)CC(C)(C)C)[C@H]2C=C[C@H]1C. The predicted octanol–water partition coefficient (Wildman–Crippen LogP) is 3.70. The van der Waals surface area contributed by atoms with Gasteiger partial charge in [0.05, 0.1) is 18.4 Å². The molecular formula is C27H46N2O5. The normalized spacial score (nSPS) is 27.0. The first-order valence-corrected chi connectivity index (χ1v) is 12.9. The van der Waals surface area contributed by atoms with Crippen molar-refractivity contribution in [2.75, 3.05) is 19.8 Å². The second kappa shape index (κ2) is 11.7. The molecule has 2 aliphatic rings. The Balaban J connectivity index is 2.33. The number of aliphatic hydroxyl groups excluding tert-OH is 1. The van der Waals surface area contributed by atoms with Crippen molar-refractivity contribution in [3.8, 4) is 0 Å². The summed E-state index contributed by atoms with van der Waals surface area (Å²) in [6, 6.07) is -0.643. The molecule has 2 N–H and O–H groups in total. The summed E-state index contributed by atoms with van der Waals surface area (Å²) in [4.78, 5) is 41.9. The number of hydrogen-bond acceptors (Lipinski definition) is 5. The van der Waals surface area contributed by atoms with E-state index in [9.17, 15) is 14.4 Å². The molecule has 2 amide bonds. The molecule has 194 valence electrons. The average molecular weight is 479 g/mol. The summed E-state index contributed by atoms with van der Waals surface area (Å²) in [7, 11) is 0. The topological polar surface area (TPSA) is 95.9 Å². The maximum Gasteiger partial charge on any atom is 0.310 e. The van der Waals surface area contributed by atoms with E-state index in [2.05, 4.69) is 26.1 Å². The number of rotatable bonds is 11. The molecule has 2 rings (SSSR count). The van der Waals surface area contributed by atoms with E-state index in [4.69, 9.17) is 9.84 Å². The Morgan fingerprint density at radius 2 is 1.74 bits per heavy atom. The molecule has 0 bridgehead atoms. The first-order valence-electron chi connectivity index (χ1n) is 12.9. The van der Waals surface area contributed by atoms with E-state index < -0.39 is 23.4 Å². The summed E-state index contributed by atoms with van der Waals surface area (Å²) in [5, 5.41) is 12.3. The molecule has 0 aromatic heterocycles. The zero-order chi connectivity index (χ0) is 25.7. The van der Waals surface area contributed by atoms with Gasteiger partial charge in [-0.3, -0.25) is 14.4 Å². The van der Waals surface area contributed by atoms with E-state index in [-0.39, 0.29) is 48.2 Å². The molecule has 0 aromatic carbocycles. The number of carbonyl (C=O) groups excluding carboxylic acids is 3. The van der Waals surface area contributed by atoms with Gasteiger partial charge in [0.2, 0.25) is 11.8 Å². The first kappa shape index (κ1) is 28.3. The molecule has 7 heteroatoms. The monoisotopic (exact) mass is 478 g/mol. The maximum atomic E-state index is 13.7. The third-order valence-corrected chi connectivity index (χ3v) is 6.84. The summed E-state index contributed by atoms with van der Waals surface area (Å²) < 4.78 is 5.33. The zero-order valence-corrected chi connectivity index (χ0v) is 22.2. The maximum absolute atomic E-state index is 13.7. The first-order chi connectivity index (χ1) is 15.8. The van der Waals surface area contributed by atoms with Crippen LogP contribution in [0.3, 0.4) is 0 Å². The molecule has 1 fully saturated rings. The number of allylic oxidation sites excluding steroid dienone is 1. The highest BCUT2D eigenvalue weighted by atomic mass is 16.5. The molecule has 0 spiro atoms. The Hall–Kier alpha value is -1.89. The van der Waals surface area contributed by atoms with Gasteiger partial charge >= 0.3 is 5.97 Å². The van der Waals surface area contributed by atoms with Gasteiger partial charge in [0.15, 0.2) is 0 Å². The second-order valence-corrected chi connectivity index (χ2v) is 11.8. The lowest BCUT2D eigenvalue weighted by Crippen LogP contribution is -2.54. The predicted molar refractivity (Wildman–Crippen MR) is 133 cm³/mol. The largest absolute Gasteiger partial charge is 0.466 e. The van der Waals surface area contributed by atoms with Crippen molar-refractivity contribution in [2.24, 2.45) is 29.1 Å². The van der Waals surface area contributed by atoms with Gasteiger partial charge in [0.25, 0.3) is 0 Å². The summed E-state index contributed by atoms with van der Waals surface area (Å²) in [5.74, 6) is -2.31. The van der Waals surface area contributed by atoms with Crippen LogP contribution in [0.25, 0.3) is 0 Å². The number of likely N-dealkylation sites (tertiary alicyclic amines) is 1. The Morgan fingerprint density at radius 3 is 2.32 bits per heavy atom. The minimum atomic E-state index is -0.643. The highest BCUT2D eigenvalue weighted by Gasteiger charge is 2.57. The molecule has 0 radical (unpaired) electrons. The van der Waals surface area contributed by atoms with E-state index in [1.165, 1.54) is 0 Å². The van der Waals surface area contributed by atoms with Gasteiger partial charge < -0.3 is 20.1 Å². The molecule has 34 heavy (non-hydrogen) atoms. The number of nitrogens with zero attached hydrogens (tertiary/aromatic N) is 1. The van der Waals surface area contributed by atoms with Crippen LogP contribution >= 0.6 is 0 Å². The lowest BCUT2D eigenvalue weighted by atomic mass is 9.70. The van der Waals surface area contributed by atoms with Gasteiger partial charge in [-0.15, -0.1) is 0 Å². The van der Waals surface area contributed by atoms with E-state index in [1.54, 1.807) is 11.8 Å². The number of aliphatic hydroxyl groups is 1. The molecule has 5 atom stereocenters. The van der Waals surface area contributed by atoms with Crippen LogP contribution in [0.2, 0.25) is 0 Å². The summed E-state index contributed by atoms with van der Waals surface area (Å²) in [5.41, 5.74) is -0.401. The molecule has 0 aromatic rings. The van der Waals surface area contributed by atoms with Gasteiger partial charge in [0, 0.05) is 24.6 Å². The Labute approximate surface area is 205 Å². The van der Waals surface area contributed by atoms with Crippen molar-refractivity contribution >= 4 is 17.8 Å². The second-order valence-electron chi connectivity index (χ2n) is 11.8. The number of unbranched alkanes of at least 4 members (excludes halogenated alkanes) is 3. The van der Waals surface area contributed by atoms with Crippen LogP contribution in [0.4, 0.5) is 0 Å². The van der Waals surface area contributed by atoms with Crippen LogP contribution in [-0.2, 0) is 19.1 Å². The third-order valence-electron chi connectivity index (χ3n) is 6.84. The quantitative estimate of drug-likeness (QED) is 0.268. The number of ether oxygens (including phenoxy) is 1. The van der Waals surface area contributed by atoms with Gasteiger partial charge in [-0.2, -0.15) is 0 Å². The van der Waals surface area contributed by atoms with Crippen molar-refractivity contribution in [3.63, 3.8) is 0 Å². The number of esters is 1. The molecule has 1 aliphatic carbocycles. The van der Waals surface area contributed by atoms with Crippen LogP contribution in [0.5, 0.6) is 0 Å². The standard InChI is InChI=1S/C27H46N2O5/c1-8-34-25(33)20-18(2)13-14-19-21(20)24(32)29(15-11-9-10-12-16-30)22(19)23(31)28-27(6,7)17-26(3,4)5/h13-14,18-22,30H,8-12,15-17H2,1-7H3,(H,28,31)/t18-,19+,20-,21-,22+/m1/s1. The zero-order valence-electron chi connectivity index (χ0n) is 22.2. The fourth-order valence-corrected chi connectivity index (χ4v) is 5.96. The van der Waals surface area contributed by atoms with E-state index in [0.29, 0.717) is 6.54 Å². The van der Waals surface area contributed by atoms with Crippen LogP contribution in [0, 0.1) is 29.1 Å². The number of carbonyl (C=O) groups is 3. The highest BCUT2D eigenvalue weighted by molar-refractivity contribution is 5.96. The van der Waals surface area contributed by atoms with E-state index in [0.717, 1.165) is 32.1 Å². The Bertz CT molecular complexity index is 755. The lowest BCUT2D eigenvalue weighted by Gasteiger charge is -2.36. The lowest BCUT2D eigenvalue weighted by molar-refractivity contribution is -0.155. The smallest absolute Gasteiger partial charge is 0.310 e. The number of hydrogen-bond donors (Lipinski definition) is 2. The van der Waals surface area contributed by atoms with Gasteiger partial charge in [-0.25, -0.2) is 0 Å². The fourth-order valence-electron chi connectivity index (χ4n) is 5.96. The third kappa shape index (κ3) is 7.06. The van der Waals surface area contributed by atoms with Crippen LogP contribution < -0.4 is 5.32 Å². The van der Waals surface area contributed by atoms with Crippen LogP contribution in [0.15, 0.2) is 12.2 Å². The number of amides is 2. The molecular weight excluding hydrogens is 432 g/mol. The van der Waals surface area contributed by atoms with Crippen molar-refractivity contribution in [1.82, 2.24) is 10.2 Å². The average Bonchev–Trinajstić information content (AvgIpc) is 2.97. The molecule has 0 saturated carbocycles. The number of fused-ring (bicyclic) bond motifs is 1. The van der Waals surface area contributed by atoms with Gasteiger partial charge in [0.1, 0.15) is 6.04 Å². The summed E-state index contributed by atoms with van der Waals surface area (Å²) in [6.07, 6.45) is 7.95.